The van der Waals surface area contributed by atoms with Gasteiger partial charge in [0.2, 0.25) is 0 Å². The highest BCUT2D eigenvalue weighted by molar-refractivity contribution is 7.10. The Morgan fingerprint density at radius 1 is 1.24 bits per heavy atom. The molecule has 0 spiro atoms. The number of rotatable bonds is 3. The molecule has 1 nitrogen and oxygen atoms in total. The van der Waals surface area contributed by atoms with Crippen LogP contribution in [-0.4, -0.2) is 7.05 Å². The van der Waals surface area contributed by atoms with Crippen molar-refractivity contribution in [3.63, 3.8) is 0 Å². The van der Waals surface area contributed by atoms with Crippen LogP contribution in [0.15, 0.2) is 29.6 Å². The molecule has 1 unspecified atom stereocenters. The van der Waals surface area contributed by atoms with Crippen molar-refractivity contribution in [2.24, 2.45) is 0 Å². The molecule has 1 aromatic heterocycles. The van der Waals surface area contributed by atoms with Gasteiger partial charge >= 0.3 is 0 Å². The molecule has 3 heteroatoms. The fraction of sp³-hybridized carbons (Fsp3) is 0.286. The van der Waals surface area contributed by atoms with Gasteiger partial charge in [-0.2, -0.15) is 0 Å². The maximum Gasteiger partial charge on any atom is 0.0671 e. The highest BCUT2D eigenvalue weighted by Gasteiger charge is 2.16. The molecule has 2 aromatic rings. The zero-order valence-electron chi connectivity index (χ0n) is 10.3. The third-order valence-electron chi connectivity index (χ3n) is 2.97. The summed E-state index contributed by atoms with van der Waals surface area (Å²) in [4.78, 5) is 1.33. The maximum atomic E-state index is 6.14. The number of nitrogens with one attached hydrogen (secondary N) is 1. The molecule has 0 saturated heterocycles. The Kier molecular flexibility index (Phi) is 3.87. The standard InChI is InChI=1S/C14H16ClNS/c1-9-8-12(15)10(2)7-11(9)14(16-3)13-5-4-6-17-13/h4-8,14,16H,1-3H3. The molecule has 0 bridgehead atoms. The minimum atomic E-state index is 0.256. The zero-order chi connectivity index (χ0) is 12.4. The quantitative estimate of drug-likeness (QED) is 0.871. The van der Waals surface area contributed by atoms with Gasteiger partial charge in [0.25, 0.3) is 0 Å². The Balaban J connectivity index is 2.48. The fourth-order valence-electron chi connectivity index (χ4n) is 2.02. The third kappa shape index (κ3) is 2.54. The van der Waals surface area contributed by atoms with Crippen molar-refractivity contribution in [1.82, 2.24) is 5.32 Å². The van der Waals surface area contributed by atoms with Gasteiger partial charge in [-0.1, -0.05) is 23.7 Å². The summed E-state index contributed by atoms with van der Waals surface area (Å²) in [6, 6.07) is 8.73. The van der Waals surface area contributed by atoms with Crippen LogP contribution in [0.5, 0.6) is 0 Å². The van der Waals surface area contributed by atoms with Crippen LogP contribution in [0.2, 0.25) is 5.02 Å². The Labute approximate surface area is 111 Å². The van der Waals surface area contributed by atoms with Gasteiger partial charge in [0.1, 0.15) is 0 Å². The zero-order valence-corrected chi connectivity index (χ0v) is 11.8. The van der Waals surface area contributed by atoms with Crippen LogP contribution in [0.1, 0.15) is 27.6 Å². The molecule has 0 fully saturated rings. The van der Waals surface area contributed by atoms with E-state index in [0.29, 0.717) is 0 Å². The first-order valence-corrected chi connectivity index (χ1v) is 6.86. The number of hydrogen-bond acceptors (Lipinski definition) is 2. The lowest BCUT2D eigenvalue weighted by Crippen LogP contribution is -2.17. The van der Waals surface area contributed by atoms with Crippen molar-refractivity contribution < 1.29 is 0 Å². The van der Waals surface area contributed by atoms with Crippen LogP contribution in [0, 0.1) is 13.8 Å². The van der Waals surface area contributed by atoms with Crippen LogP contribution < -0.4 is 5.32 Å². The molecule has 2 rings (SSSR count). The second kappa shape index (κ2) is 5.21. The largest absolute Gasteiger partial charge is 0.309 e. The number of halogens is 1. The van der Waals surface area contributed by atoms with Gasteiger partial charge in [-0.05, 0) is 55.1 Å². The Morgan fingerprint density at radius 3 is 2.59 bits per heavy atom. The molecule has 0 saturated carbocycles. The summed E-state index contributed by atoms with van der Waals surface area (Å²) < 4.78 is 0. The predicted octanol–water partition coefficient (Wildman–Crippen LogP) is 4.33. The second-order valence-electron chi connectivity index (χ2n) is 4.20. The van der Waals surface area contributed by atoms with Crippen molar-refractivity contribution in [2.45, 2.75) is 19.9 Å². The van der Waals surface area contributed by atoms with Crippen LogP contribution in [0.25, 0.3) is 0 Å². The summed E-state index contributed by atoms with van der Waals surface area (Å²) in [5.41, 5.74) is 3.66. The predicted molar refractivity (Wildman–Crippen MR) is 76.1 cm³/mol. The van der Waals surface area contributed by atoms with E-state index in [1.807, 2.05) is 20.0 Å². The van der Waals surface area contributed by atoms with Crippen LogP contribution >= 0.6 is 22.9 Å². The SMILES string of the molecule is CNC(c1cccs1)c1cc(C)c(Cl)cc1C. The van der Waals surface area contributed by atoms with Gasteiger partial charge in [0.05, 0.1) is 6.04 Å². The van der Waals surface area contributed by atoms with Gasteiger partial charge in [-0.25, -0.2) is 0 Å². The van der Waals surface area contributed by atoms with E-state index in [2.05, 4.69) is 35.8 Å². The molecule has 0 aliphatic heterocycles. The summed E-state index contributed by atoms with van der Waals surface area (Å²) in [5, 5.41) is 6.32. The van der Waals surface area contributed by atoms with Crippen molar-refractivity contribution >= 4 is 22.9 Å². The van der Waals surface area contributed by atoms with Crippen molar-refractivity contribution in [1.29, 1.82) is 0 Å². The summed E-state index contributed by atoms with van der Waals surface area (Å²) >= 11 is 7.91. The molecule has 1 atom stereocenters. The highest BCUT2D eigenvalue weighted by Crippen LogP contribution is 2.30. The Hall–Kier alpha value is -0.830. The average molecular weight is 266 g/mol. The van der Waals surface area contributed by atoms with Gasteiger partial charge < -0.3 is 5.32 Å². The van der Waals surface area contributed by atoms with Crippen molar-refractivity contribution in [3.8, 4) is 0 Å². The Bertz CT molecular complexity index is 505. The lowest BCUT2D eigenvalue weighted by Gasteiger charge is -2.18. The maximum absolute atomic E-state index is 6.14. The number of hydrogen-bond donors (Lipinski definition) is 1. The molecule has 0 aliphatic rings. The molecule has 0 amide bonds. The first kappa shape index (κ1) is 12.6. The lowest BCUT2D eigenvalue weighted by atomic mass is 9.98. The van der Waals surface area contributed by atoms with Crippen LogP contribution in [0.3, 0.4) is 0 Å². The summed E-state index contributed by atoms with van der Waals surface area (Å²) in [6.07, 6.45) is 0. The lowest BCUT2D eigenvalue weighted by molar-refractivity contribution is 0.699. The van der Waals surface area contributed by atoms with E-state index >= 15 is 0 Å². The van der Waals surface area contributed by atoms with Crippen LogP contribution in [-0.2, 0) is 0 Å². The molecule has 1 heterocycles. The minimum absolute atomic E-state index is 0.256. The normalized spacial score (nSPS) is 12.7. The fourth-order valence-corrected chi connectivity index (χ4v) is 3.09. The van der Waals surface area contributed by atoms with E-state index in [1.165, 1.54) is 16.0 Å². The third-order valence-corrected chi connectivity index (χ3v) is 4.32. The average Bonchev–Trinajstić information content (AvgIpc) is 2.80. The molecule has 1 N–H and O–H groups in total. The molecule has 17 heavy (non-hydrogen) atoms. The van der Waals surface area contributed by atoms with E-state index in [1.54, 1.807) is 11.3 Å². The van der Waals surface area contributed by atoms with E-state index in [4.69, 9.17) is 11.6 Å². The molecular weight excluding hydrogens is 250 g/mol. The molecule has 90 valence electrons. The molecule has 1 aromatic carbocycles. The van der Waals surface area contributed by atoms with Gasteiger partial charge in [0.15, 0.2) is 0 Å². The summed E-state index contributed by atoms with van der Waals surface area (Å²) in [5.74, 6) is 0. The van der Waals surface area contributed by atoms with Crippen molar-refractivity contribution in [2.75, 3.05) is 7.05 Å². The highest BCUT2D eigenvalue weighted by atomic mass is 35.5. The van der Waals surface area contributed by atoms with E-state index < -0.39 is 0 Å². The van der Waals surface area contributed by atoms with Crippen LogP contribution in [0.4, 0.5) is 0 Å². The Morgan fingerprint density at radius 2 is 2.00 bits per heavy atom. The smallest absolute Gasteiger partial charge is 0.0671 e. The number of aryl methyl sites for hydroxylation is 2. The minimum Gasteiger partial charge on any atom is -0.309 e. The van der Waals surface area contributed by atoms with Gasteiger partial charge in [-0.3, -0.25) is 0 Å². The van der Waals surface area contributed by atoms with E-state index in [-0.39, 0.29) is 6.04 Å². The van der Waals surface area contributed by atoms with E-state index in [9.17, 15) is 0 Å². The second-order valence-corrected chi connectivity index (χ2v) is 5.58. The number of thiophene rings is 1. The van der Waals surface area contributed by atoms with Gasteiger partial charge in [-0.15, -0.1) is 11.3 Å². The number of benzene rings is 1. The molecule has 0 aliphatic carbocycles. The monoisotopic (exact) mass is 265 g/mol. The molecule has 0 radical (unpaired) electrons. The van der Waals surface area contributed by atoms with Crippen molar-refractivity contribution in [3.05, 3.63) is 56.2 Å². The summed E-state index contributed by atoms with van der Waals surface area (Å²) in [7, 11) is 1.99. The first-order chi connectivity index (χ1) is 8.13. The summed E-state index contributed by atoms with van der Waals surface area (Å²) in [6.45, 7) is 4.16. The molecular formula is C14H16ClNS. The van der Waals surface area contributed by atoms with E-state index in [0.717, 1.165) is 10.6 Å². The topological polar surface area (TPSA) is 12.0 Å². The van der Waals surface area contributed by atoms with Gasteiger partial charge in [0, 0.05) is 9.90 Å². The first-order valence-electron chi connectivity index (χ1n) is 5.60.